The van der Waals surface area contributed by atoms with Crippen molar-refractivity contribution in [2.75, 3.05) is 0 Å². The van der Waals surface area contributed by atoms with Crippen LogP contribution in [0.25, 0.3) is 0 Å². The number of alkyl halides is 2. The van der Waals surface area contributed by atoms with E-state index in [0.29, 0.717) is 11.1 Å². The van der Waals surface area contributed by atoms with Crippen LogP contribution in [0.2, 0.25) is 0 Å². The van der Waals surface area contributed by atoms with Gasteiger partial charge in [0.1, 0.15) is 0 Å². The Bertz CT molecular complexity index is 334. The normalized spacial score (nSPS) is 12.9. The highest BCUT2D eigenvalue weighted by Crippen LogP contribution is 2.25. The molecular weight excluding hydrogens is 186 g/mol. The number of aliphatic hydroxyl groups is 1. The van der Waals surface area contributed by atoms with Crippen molar-refractivity contribution in [3.05, 3.63) is 47.5 Å². The molecule has 1 N–H and O–H groups in total. The predicted molar refractivity (Wildman–Crippen MR) is 51.2 cm³/mol. The van der Waals surface area contributed by atoms with Crippen LogP contribution in [0.4, 0.5) is 8.78 Å². The van der Waals surface area contributed by atoms with Crippen LogP contribution in [0, 0.1) is 0 Å². The second-order valence-electron chi connectivity index (χ2n) is 3.22. The fraction of sp³-hybridized carbons (Fsp3) is 0.273. The summed E-state index contributed by atoms with van der Waals surface area (Å²) in [5, 5.41) is 9.56. The molecule has 0 amide bonds. The third-order valence-corrected chi connectivity index (χ3v) is 1.95. The zero-order chi connectivity index (χ0) is 10.7. The SMILES string of the molecule is C=C(C)C(O)c1cccc(C(F)F)c1. The molecule has 0 aliphatic rings. The van der Waals surface area contributed by atoms with Crippen LogP contribution in [0.1, 0.15) is 30.6 Å². The van der Waals surface area contributed by atoms with Crippen LogP contribution in [0.3, 0.4) is 0 Å². The summed E-state index contributed by atoms with van der Waals surface area (Å²) in [5.41, 5.74) is 0.912. The van der Waals surface area contributed by atoms with Crippen molar-refractivity contribution in [3.63, 3.8) is 0 Å². The molecule has 0 aliphatic heterocycles. The van der Waals surface area contributed by atoms with E-state index in [2.05, 4.69) is 6.58 Å². The van der Waals surface area contributed by atoms with Gasteiger partial charge in [-0.2, -0.15) is 0 Å². The average molecular weight is 198 g/mol. The molecule has 1 unspecified atom stereocenters. The van der Waals surface area contributed by atoms with E-state index in [1.54, 1.807) is 13.0 Å². The van der Waals surface area contributed by atoms with E-state index in [-0.39, 0.29) is 5.56 Å². The summed E-state index contributed by atoms with van der Waals surface area (Å²) in [6.07, 6.45) is -3.37. The van der Waals surface area contributed by atoms with Gasteiger partial charge >= 0.3 is 0 Å². The first-order chi connectivity index (χ1) is 6.52. The third-order valence-electron chi connectivity index (χ3n) is 1.95. The molecule has 14 heavy (non-hydrogen) atoms. The molecule has 0 heterocycles. The number of halogens is 2. The summed E-state index contributed by atoms with van der Waals surface area (Å²) < 4.78 is 24.6. The minimum atomic E-state index is -2.51. The second kappa shape index (κ2) is 4.33. The van der Waals surface area contributed by atoms with Crippen molar-refractivity contribution in [1.82, 2.24) is 0 Å². The maximum atomic E-state index is 12.3. The van der Waals surface area contributed by atoms with Gasteiger partial charge in [-0.05, 0) is 24.1 Å². The minimum absolute atomic E-state index is 0.0807. The molecule has 0 spiro atoms. The molecule has 1 atom stereocenters. The Morgan fingerprint density at radius 2 is 1.93 bits per heavy atom. The summed E-state index contributed by atoms with van der Waals surface area (Å²) >= 11 is 0. The first-order valence-corrected chi connectivity index (χ1v) is 4.24. The maximum Gasteiger partial charge on any atom is 0.263 e. The van der Waals surface area contributed by atoms with Gasteiger partial charge < -0.3 is 5.11 Å². The van der Waals surface area contributed by atoms with Gasteiger partial charge in [-0.3, -0.25) is 0 Å². The Morgan fingerprint density at radius 3 is 2.43 bits per heavy atom. The number of hydrogen-bond donors (Lipinski definition) is 1. The van der Waals surface area contributed by atoms with E-state index in [1.165, 1.54) is 18.2 Å². The zero-order valence-corrected chi connectivity index (χ0v) is 7.87. The first-order valence-electron chi connectivity index (χ1n) is 4.24. The number of benzene rings is 1. The Morgan fingerprint density at radius 1 is 1.36 bits per heavy atom. The molecule has 76 valence electrons. The summed E-state index contributed by atoms with van der Waals surface area (Å²) in [5.74, 6) is 0. The molecule has 0 aromatic heterocycles. The van der Waals surface area contributed by atoms with Gasteiger partial charge in [0.25, 0.3) is 6.43 Å². The van der Waals surface area contributed by atoms with Gasteiger partial charge in [0, 0.05) is 5.56 Å². The smallest absolute Gasteiger partial charge is 0.263 e. The molecule has 1 aromatic carbocycles. The lowest BCUT2D eigenvalue weighted by atomic mass is 10.0. The van der Waals surface area contributed by atoms with Gasteiger partial charge in [-0.25, -0.2) is 8.78 Å². The van der Waals surface area contributed by atoms with E-state index < -0.39 is 12.5 Å². The Hall–Kier alpha value is -1.22. The van der Waals surface area contributed by atoms with Crippen LogP contribution in [0.15, 0.2) is 36.4 Å². The van der Waals surface area contributed by atoms with E-state index in [9.17, 15) is 13.9 Å². The van der Waals surface area contributed by atoms with Crippen LogP contribution in [-0.4, -0.2) is 5.11 Å². The van der Waals surface area contributed by atoms with Crippen molar-refractivity contribution in [2.24, 2.45) is 0 Å². The van der Waals surface area contributed by atoms with E-state index in [4.69, 9.17) is 0 Å². The fourth-order valence-electron chi connectivity index (χ4n) is 1.15. The molecular formula is C11H12F2O. The molecule has 0 saturated heterocycles. The lowest BCUT2D eigenvalue weighted by Gasteiger charge is -2.11. The van der Waals surface area contributed by atoms with Crippen LogP contribution in [-0.2, 0) is 0 Å². The molecule has 3 heteroatoms. The van der Waals surface area contributed by atoms with E-state index >= 15 is 0 Å². The Kier molecular flexibility index (Phi) is 3.36. The highest BCUT2D eigenvalue weighted by Gasteiger charge is 2.11. The van der Waals surface area contributed by atoms with Gasteiger partial charge in [0.15, 0.2) is 0 Å². The van der Waals surface area contributed by atoms with Gasteiger partial charge in [0.05, 0.1) is 6.10 Å². The molecule has 0 aliphatic carbocycles. The summed E-state index contributed by atoms with van der Waals surface area (Å²) in [6.45, 7) is 5.22. The van der Waals surface area contributed by atoms with E-state index in [1.807, 2.05) is 0 Å². The van der Waals surface area contributed by atoms with E-state index in [0.717, 1.165) is 0 Å². The summed E-state index contributed by atoms with van der Waals surface area (Å²) in [6, 6.07) is 5.73. The Balaban J connectivity index is 2.99. The second-order valence-corrected chi connectivity index (χ2v) is 3.22. The molecule has 0 saturated carbocycles. The van der Waals surface area contributed by atoms with Crippen molar-refractivity contribution in [3.8, 4) is 0 Å². The van der Waals surface area contributed by atoms with Crippen molar-refractivity contribution in [1.29, 1.82) is 0 Å². The van der Waals surface area contributed by atoms with Gasteiger partial charge in [-0.1, -0.05) is 24.8 Å². The molecule has 0 radical (unpaired) electrons. The molecule has 0 fully saturated rings. The van der Waals surface area contributed by atoms with Crippen molar-refractivity contribution in [2.45, 2.75) is 19.5 Å². The number of rotatable bonds is 3. The standard InChI is InChI=1S/C11H12F2O/c1-7(2)10(14)8-4-3-5-9(6-8)11(12)13/h3-6,10-11,14H,1H2,2H3. The minimum Gasteiger partial charge on any atom is -0.384 e. The van der Waals surface area contributed by atoms with Crippen molar-refractivity contribution >= 4 is 0 Å². The lowest BCUT2D eigenvalue weighted by molar-refractivity contribution is 0.150. The van der Waals surface area contributed by atoms with Crippen LogP contribution in [0.5, 0.6) is 0 Å². The highest BCUT2D eigenvalue weighted by molar-refractivity contribution is 5.29. The molecule has 1 aromatic rings. The number of hydrogen-bond acceptors (Lipinski definition) is 1. The molecule has 1 nitrogen and oxygen atoms in total. The summed E-state index contributed by atoms with van der Waals surface area (Å²) in [4.78, 5) is 0. The third kappa shape index (κ3) is 2.39. The van der Waals surface area contributed by atoms with Gasteiger partial charge in [0.2, 0.25) is 0 Å². The number of aliphatic hydroxyl groups excluding tert-OH is 1. The van der Waals surface area contributed by atoms with Crippen LogP contribution >= 0.6 is 0 Å². The molecule has 1 rings (SSSR count). The largest absolute Gasteiger partial charge is 0.384 e. The monoisotopic (exact) mass is 198 g/mol. The fourth-order valence-corrected chi connectivity index (χ4v) is 1.15. The quantitative estimate of drug-likeness (QED) is 0.739. The predicted octanol–water partition coefficient (Wildman–Crippen LogP) is 3.23. The lowest BCUT2D eigenvalue weighted by Crippen LogP contribution is -1.98. The van der Waals surface area contributed by atoms with Gasteiger partial charge in [-0.15, -0.1) is 0 Å². The average Bonchev–Trinajstić information content (AvgIpc) is 2.16. The molecule has 0 bridgehead atoms. The summed E-state index contributed by atoms with van der Waals surface area (Å²) in [7, 11) is 0. The Labute approximate surface area is 81.7 Å². The maximum absolute atomic E-state index is 12.3. The van der Waals surface area contributed by atoms with Crippen LogP contribution < -0.4 is 0 Å². The van der Waals surface area contributed by atoms with Crippen molar-refractivity contribution < 1.29 is 13.9 Å². The topological polar surface area (TPSA) is 20.2 Å². The first kappa shape index (κ1) is 10.9. The zero-order valence-electron chi connectivity index (χ0n) is 7.87. The highest BCUT2D eigenvalue weighted by atomic mass is 19.3.